The highest BCUT2D eigenvalue weighted by Gasteiger charge is 2.30. The van der Waals surface area contributed by atoms with Crippen LogP contribution in [0, 0.1) is 0 Å². The number of aromatic nitrogens is 2. The third-order valence-electron chi connectivity index (χ3n) is 2.81. The standard InChI is InChI=1S/C14H14BrClN2O2/c1-14(2,3)11-10(13(19)20)12(16)18(17-11)9-6-4-5-8(15)7-9/h4-7H,1-3H3,(H,19,20). The van der Waals surface area contributed by atoms with E-state index in [0.717, 1.165) is 4.47 Å². The van der Waals surface area contributed by atoms with E-state index in [2.05, 4.69) is 21.0 Å². The minimum atomic E-state index is -1.07. The van der Waals surface area contributed by atoms with Crippen molar-refractivity contribution < 1.29 is 9.90 Å². The molecule has 1 N–H and O–H groups in total. The van der Waals surface area contributed by atoms with Crippen LogP contribution in [0.2, 0.25) is 5.15 Å². The van der Waals surface area contributed by atoms with Crippen molar-refractivity contribution in [2.24, 2.45) is 0 Å². The second-order valence-electron chi connectivity index (χ2n) is 5.46. The average molecular weight is 358 g/mol. The number of carboxylic acids is 1. The van der Waals surface area contributed by atoms with Crippen molar-refractivity contribution in [3.63, 3.8) is 0 Å². The summed E-state index contributed by atoms with van der Waals surface area (Å²) < 4.78 is 2.33. The second-order valence-corrected chi connectivity index (χ2v) is 6.73. The van der Waals surface area contributed by atoms with Crippen molar-refractivity contribution >= 4 is 33.5 Å². The highest BCUT2D eigenvalue weighted by atomic mass is 79.9. The molecule has 0 aliphatic heterocycles. The molecule has 2 aromatic rings. The minimum absolute atomic E-state index is 0.0548. The van der Waals surface area contributed by atoms with Gasteiger partial charge in [-0.3, -0.25) is 0 Å². The van der Waals surface area contributed by atoms with E-state index >= 15 is 0 Å². The normalized spacial score (nSPS) is 11.7. The molecule has 0 bridgehead atoms. The van der Waals surface area contributed by atoms with Crippen molar-refractivity contribution in [1.82, 2.24) is 9.78 Å². The van der Waals surface area contributed by atoms with Gasteiger partial charge in [0.2, 0.25) is 0 Å². The van der Waals surface area contributed by atoms with Crippen molar-refractivity contribution in [3.8, 4) is 5.69 Å². The molecule has 6 heteroatoms. The molecule has 1 aromatic carbocycles. The molecule has 20 heavy (non-hydrogen) atoms. The SMILES string of the molecule is CC(C)(C)c1nn(-c2cccc(Br)c2)c(Cl)c1C(=O)O. The number of carbonyl (C=O) groups is 1. The van der Waals surface area contributed by atoms with Crippen LogP contribution in [0.1, 0.15) is 36.8 Å². The first-order valence-corrected chi connectivity index (χ1v) is 7.17. The average Bonchev–Trinajstić information content (AvgIpc) is 2.66. The van der Waals surface area contributed by atoms with Gasteiger partial charge in [0.15, 0.2) is 0 Å². The summed E-state index contributed by atoms with van der Waals surface area (Å²) >= 11 is 9.60. The van der Waals surface area contributed by atoms with Crippen LogP contribution in [-0.4, -0.2) is 20.9 Å². The Bertz CT molecular complexity index is 674. The van der Waals surface area contributed by atoms with Crippen molar-refractivity contribution in [1.29, 1.82) is 0 Å². The Morgan fingerprint density at radius 3 is 2.50 bits per heavy atom. The zero-order valence-corrected chi connectivity index (χ0v) is 13.7. The summed E-state index contributed by atoms with van der Waals surface area (Å²) in [6.45, 7) is 5.72. The van der Waals surface area contributed by atoms with Gasteiger partial charge in [0.25, 0.3) is 0 Å². The first kappa shape index (κ1) is 15.1. The number of hydrogen-bond donors (Lipinski definition) is 1. The first-order chi connectivity index (χ1) is 9.21. The van der Waals surface area contributed by atoms with Gasteiger partial charge in [-0.25, -0.2) is 9.48 Å². The summed E-state index contributed by atoms with van der Waals surface area (Å²) in [6, 6.07) is 7.37. The Labute approximate surface area is 130 Å². The fraction of sp³-hybridized carbons (Fsp3) is 0.286. The zero-order valence-electron chi connectivity index (χ0n) is 11.3. The van der Waals surface area contributed by atoms with Gasteiger partial charge in [-0.2, -0.15) is 5.10 Å². The van der Waals surface area contributed by atoms with E-state index in [-0.39, 0.29) is 10.7 Å². The number of aromatic carboxylic acids is 1. The van der Waals surface area contributed by atoms with Crippen LogP contribution in [0.3, 0.4) is 0 Å². The summed E-state index contributed by atoms with van der Waals surface area (Å²) in [7, 11) is 0. The molecule has 0 radical (unpaired) electrons. The fourth-order valence-corrected chi connectivity index (χ4v) is 2.58. The molecule has 1 heterocycles. The molecule has 0 atom stereocenters. The lowest BCUT2D eigenvalue weighted by Crippen LogP contribution is -2.16. The molecule has 4 nitrogen and oxygen atoms in total. The van der Waals surface area contributed by atoms with E-state index in [1.165, 1.54) is 4.68 Å². The number of rotatable bonds is 2. The second kappa shape index (κ2) is 5.22. The maximum atomic E-state index is 11.5. The van der Waals surface area contributed by atoms with Crippen LogP contribution < -0.4 is 0 Å². The molecule has 0 spiro atoms. The van der Waals surface area contributed by atoms with E-state index in [1.54, 1.807) is 0 Å². The summed E-state index contributed by atoms with van der Waals surface area (Å²) in [5, 5.41) is 13.9. The van der Waals surface area contributed by atoms with Crippen LogP contribution in [0.5, 0.6) is 0 Å². The smallest absolute Gasteiger partial charge is 0.340 e. The maximum absolute atomic E-state index is 11.5. The lowest BCUT2D eigenvalue weighted by Gasteiger charge is -2.15. The Kier molecular flexibility index (Phi) is 3.93. The molecule has 0 saturated carbocycles. The van der Waals surface area contributed by atoms with Crippen molar-refractivity contribution in [2.75, 3.05) is 0 Å². The first-order valence-electron chi connectivity index (χ1n) is 6.00. The molecule has 0 saturated heterocycles. The van der Waals surface area contributed by atoms with Crippen molar-refractivity contribution in [2.45, 2.75) is 26.2 Å². The van der Waals surface area contributed by atoms with E-state index < -0.39 is 11.4 Å². The van der Waals surface area contributed by atoms with Gasteiger partial charge in [-0.05, 0) is 18.2 Å². The lowest BCUT2D eigenvalue weighted by atomic mass is 9.89. The van der Waals surface area contributed by atoms with Crippen molar-refractivity contribution in [3.05, 3.63) is 45.1 Å². The summed E-state index contributed by atoms with van der Waals surface area (Å²) in [4.78, 5) is 11.5. The van der Waals surface area contributed by atoms with Gasteiger partial charge < -0.3 is 5.11 Å². The van der Waals surface area contributed by atoms with Gasteiger partial charge in [0.1, 0.15) is 10.7 Å². The summed E-state index contributed by atoms with van der Waals surface area (Å²) in [5.74, 6) is -1.07. The van der Waals surface area contributed by atoms with Crippen LogP contribution in [0.15, 0.2) is 28.7 Å². The summed E-state index contributed by atoms with van der Waals surface area (Å²) in [6.07, 6.45) is 0. The molecular formula is C14H14BrClN2O2. The molecule has 0 unspecified atom stereocenters. The third-order valence-corrected chi connectivity index (χ3v) is 3.65. The molecule has 2 rings (SSSR count). The van der Waals surface area contributed by atoms with E-state index in [0.29, 0.717) is 11.4 Å². The number of hydrogen-bond acceptors (Lipinski definition) is 2. The maximum Gasteiger partial charge on any atom is 0.340 e. The largest absolute Gasteiger partial charge is 0.478 e. The van der Waals surface area contributed by atoms with Gasteiger partial charge in [0.05, 0.1) is 11.4 Å². The van der Waals surface area contributed by atoms with E-state index in [9.17, 15) is 9.90 Å². The molecule has 0 aliphatic rings. The Morgan fingerprint density at radius 2 is 2.05 bits per heavy atom. The Morgan fingerprint density at radius 1 is 1.40 bits per heavy atom. The summed E-state index contributed by atoms with van der Waals surface area (Å²) in [5.41, 5.74) is 0.825. The fourth-order valence-electron chi connectivity index (χ4n) is 1.89. The quantitative estimate of drug-likeness (QED) is 0.872. The molecule has 1 aromatic heterocycles. The predicted octanol–water partition coefficient (Wildman–Crippen LogP) is 4.28. The molecular weight excluding hydrogens is 344 g/mol. The lowest BCUT2D eigenvalue weighted by molar-refractivity contribution is 0.0694. The van der Waals surface area contributed by atoms with Gasteiger partial charge in [-0.15, -0.1) is 0 Å². The monoisotopic (exact) mass is 356 g/mol. The van der Waals surface area contributed by atoms with Gasteiger partial charge in [-0.1, -0.05) is 54.4 Å². The van der Waals surface area contributed by atoms with Gasteiger partial charge >= 0.3 is 5.97 Å². The Balaban J connectivity index is 2.71. The molecule has 106 valence electrons. The van der Waals surface area contributed by atoms with Crippen LogP contribution >= 0.6 is 27.5 Å². The highest BCUT2D eigenvalue weighted by molar-refractivity contribution is 9.10. The van der Waals surface area contributed by atoms with Crippen LogP contribution in [0.4, 0.5) is 0 Å². The van der Waals surface area contributed by atoms with Gasteiger partial charge in [0, 0.05) is 9.89 Å². The number of carboxylic acid groups (broad SMARTS) is 1. The topological polar surface area (TPSA) is 55.1 Å². The predicted molar refractivity (Wildman–Crippen MR) is 81.9 cm³/mol. The van der Waals surface area contributed by atoms with Crippen LogP contribution in [-0.2, 0) is 5.41 Å². The Hall–Kier alpha value is -1.33. The molecule has 0 amide bonds. The molecule has 0 fully saturated rings. The number of halogens is 2. The third kappa shape index (κ3) is 2.74. The number of nitrogens with zero attached hydrogens (tertiary/aromatic N) is 2. The number of benzene rings is 1. The molecule has 0 aliphatic carbocycles. The highest BCUT2D eigenvalue weighted by Crippen LogP contribution is 2.32. The zero-order chi connectivity index (χ0) is 15.1. The van der Waals surface area contributed by atoms with E-state index in [1.807, 2.05) is 45.0 Å². The minimum Gasteiger partial charge on any atom is -0.478 e. The van der Waals surface area contributed by atoms with Crippen LogP contribution in [0.25, 0.3) is 5.69 Å². The van der Waals surface area contributed by atoms with E-state index in [4.69, 9.17) is 11.6 Å².